The van der Waals surface area contributed by atoms with Gasteiger partial charge in [-0.05, 0) is 55.2 Å². The summed E-state index contributed by atoms with van der Waals surface area (Å²) in [4.78, 5) is 17.5. The lowest BCUT2D eigenvalue weighted by atomic mass is 10.1. The number of amides is 1. The minimum Gasteiger partial charge on any atom is -0.369 e. The number of para-hydroxylation sites is 1. The molecule has 3 aromatic rings. The van der Waals surface area contributed by atoms with E-state index in [-0.39, 0.29) is 15.5 Å². The molecule has 2 aromatic carbocycles. The van der Waals surface area contributed by atoms with Crippen molar-refractivity contribution in [3.63, 3.8) is 0 Å². The van der Waals surface area contributed by atoms with E-state index in [0.29, 0.717) is 5.71 Å². The summed E-state index contributed by atoms with van der Waals surface area (Å²) >= 11 is 1.11. The second-order valence-corrected chi connectivity index (χ2v) is 10.9. The van der Waals surface area contributed by atoms with Crippen LogP contribution < -0.4 is 15.0 Å². The maximum absolute atomic E-state index is 12.8. The minimum atomic E-state index is -3.77. The molecule has 10 heteroatoms. The van der Waals surface area contributed by atoms with E-state index in [1.54, 1.807) is 35.7 Å². The van der Waals surface area contributed by atoms with Gasteiger partial charge in [0.25, 0.3) is 15.9 Å². The van der Waals surface area contributed by atoms with Gasteiger partial charge in [0.1, 0.15) is 4.21 Å². The number of rotatable bonds is 7. The van der Waals surface area contributed by atoms with Gasteiger partial charge >= 0.3 is 0 Å². The molecule has 34 heavy (non-hydrogen) atoms. The summed E-state index contributed by atoms with van der Waals surface area (Å²) in [6.45, 7) is 5.89. The fourth-order valence-corrected chi connectivity index (χ4v) is 5.69. The Morgan fingerprint density at radius 2 is 1.68 bits per heavy atom. The number of carbonyl (C=O) groups excluding carboxylic acids is 1. The number of sulfonamides is 1. The lowest BCUT2D eigenvalue weighted by molar-refractivity contribution is 0.0955. The average molecular weight is 498 g/mol. The van der Waals surface area contributed by atoms with Crippen molar-refractivity contribution < 1.29 is 13.2 Å². The molecule has 1 saturated heterocycles. The van der Waals surface area contributed by atoms with Crippen LogP contribution in [0.15, 0.2) is 75.4 Å². The predicted molar refractivity (Wildman–Crippen MR) is 137 cm³/mol. The van der Waals surface area contributed by atoms with Crippen molar-refractivity contribution in [2.75, 3.05) is 42.8 Å². The van der Waals surface area contributed by atoms with E-state index in [2.05, 4.69) is 44.2 Å². The van der Waals surface area contributed by atoms with Crippen LogP contribution in [0.25, 0.3) is 0 Å². The van der Waals surface area contributed by atoms with E-state index in [1.807, 2.05) is 19.1 Å². The number of hydrogen-bond acceptors (Lipinski definition) is 7. The van der Waals surface area contributed by atoms with Crippen LogP contribution in [0.4, 0.5) is 11.4 Å². The number of nitrogens with zero attached hydrogens (tertiary/aromatic N) is 3. The zero-order valence-electron chi connectivity index (χ0n) is 19.1. The van der Waals surface area contributed by atoms with Gasteiger partial charge in [0.2, 0.25) is 0 Å². The Hall–Kier alpha value is -3.21. The lowest BCUT2D eigenvalue weighted by Gasteiger charge is -2.34. The lowest BCUT2D eigenvalue weighted by Crippen LogP contribution is -2.44. The van der Waals surface area contributed by atoms with E-state index in [0.717, 1.165) is 43.1 Å². The second kappa shape index (κ2) is 10.4. The smallest absolute Gasteiger partial charge is 0.273 e. The van der Waals surface area contributed by atoms with E-state index in [1.165, 1.54) is 11.8 Å². The Morgan fingerprint density at radius 3 is 2.35 bits per heavy atom. The summed E-state index contributed by atoms with van der Waals surface area (Å²) in [5.74, 6) is -0.502. The Kier molecular flexibility index (Phi) is 7.30. The molecule has 8 nitrogen and oxygen atoms in total. The standard InChI is InChI=1S/C24H27N5O3S2/c1-18(19-9-11-20(12-10-19)29-15-13-28(2)14-16-29)25-26-24(30)21-6-3-4-7-22(21)27-34(31,32)23-8-5-17-33-23/h3-12,17,27H,13-16H2,1-2H3,(H,26,30)/b25-18-. The molecule has 1 aromatic heterocycles. The topological polar surface area (TPSA) is 94.1 Å². The molecule has 1 amide bonds. The molecule has 0 saturated carbocycles. The van der Waals surface area contributed by atoms with Gasteiger partial charge in [-0.15, -0.1) is 11.3 Å². The third-order valence-electron chi connectivity index (χ3n) is 5.65. The third-order valence-corrected chi connectivity index (χ3v) is 8.42. The van der Waals surface area contributed by atoms with Crippen molar-refractivity contribution in [3.8, 4) is 0 Å². The zero-order chi connectivity index (χ0) is 24.1. The predicted octanol–water partition coefficient (Wildman–Crippen LogP) is 3.45. The molecule has 0 unspecified atom stereocenters. The fourth-order valence-electron chi connectivity index (χ4n) is 3.62. The number of carbonyl (C=O) groups is 1. The average Bonchev–Trinajstić information content (AvgIpc) is 3.39. The van der Waals surface area contributed by atoms with Gasteiger partial charge in [-0.1, -0.05) is 30.3 Å². The SMILES string of the molecule is C/C(=N/NC(=O)c1ccccc1NS(=O)(=O)c1cccs1)c1ccc(N2CCN(C)CC2)cc1. The molecule has 0 bridgehead atoms. The highest BCUT2D eigenvalue weighted by molar-refractivity contribution is 7.94. The second-order valence-electron chi connectivity index (χ2n) is 8.06. The molecule has 0 spiro atoms. The van der Waals surface area contributed by atoms with Crippen molar-refractivity contribution in [1.82, 2.24) is 10.3 Å². The summed E-state index contributed by atoms with van der Waals surface area (Å²) in [7, 11) is -1.64. The van der Waals surface area contributed by atoms with Crippen LogP contribution >= 0.6 is 11.3 Å². The number of hydrogen-bond donors (Lipinski definition) is 2. The number of benzene rings is 2. The van der Waals surface area contributed by atoms with Crippen molar-refractivity contribution in [1.29, 1.82) is 0 Å². The highest BCUT2D eigenvalue weighted by Gasteiger charge is 2.19. The van der Waals surface area contributed by atoms with Gasteiger partial charge < -0.3 is 9.80 Å². The van der Waals surface area contributed by atoms with E-state index < -0.39 is 15.9 Å². The van der Waals surface area contributed by atoms with Crippen LogP contribution in [0.2, 0.25) is 0 Å². The number of piperazine rings is 1. The molecule has 4 rings (SSSR count). The first-order valence-corrected chi connectivity index (χ1v) is 13.2. The summed E-state index contributed by atoms with van der Waals surface area (Å²) < 4.78 is 27.8. The summed E-state index contributed by atoms with van der Waals surface area (Å²) in [5.41, 5.74) is 5.63. The molecule has 2 N–H and O–H groups in total. The van der Waals surface area contributed by atoms with E-state index >= 15 is 0 Å². The molecule has 2 heterocycles. The fraction of sp³-hybridized carbons (Fsp3) is 0.250. The molecular weight excluding hydrogens is 470 g/mol. The van der Waals surface area contributed by atoms with Crippen LogP contribution in [0.3, 0.4) is 0 Å². The van der Waals surface area contributed by atoms with Crippen LogP contribution in [-0.2, 0) is 10.0 Å². The number of nitrogens with one attached hydrogen (secondary N) is 2. The Balaban J connectivity index is 1.43. The molecule has 0 aliphatic carbocycles. The van der Waals surface area contributed by atoms with E-state index in [4.69, 9.17) is 0 Å². The maximum atomic E-state index is 12.8. The maximum Gasteiger partial charge on any atom is 0.273 e. The molecule has 1 fully saturated rings. The monoisotopic (exact) mass is 497 g/mol. The number of anilines is 2. The van der Waals surface area contributed by atoms with Crippen LogP contribution in [0.5, 0.6) is 0 Å². The van der Waals surface area contributed by atoms with E-state index in [9.17, 15) is 13.2 Å². The number of likely N-dealkylation sites (N-methyl/N-ethyl adjacent to an activating group) is 1. The molecular formula is C24H27N5O3S2. The first-order chi connectivity index (χ1) is 16.3. The highest BCUT2D eigenvalue weighted by atomic mass is 32.2. The normalized spacial score (nSPS) is 15.2. The molecule has 178 valence electrons. The largest absolute Gasteiger partial charge is 0.369 e. The van der Waals surface area contributed by atoms with Crippen molar-refractivity contribution in [3.05, 3.63) is 77.2 Å². The zero-order valence-corrected chi connectivity index (χ0v) is 20.7. The molecule has 0 atom stereocenters. The van der Waals surface area contributed by atoms with Crippen molar-refractivity contribution in [2.24, 2.45) is 5.10 Å². The van der Waals surface area contributed by atoms with Crippen LogP contribution in [-0.4, -0.2) is 58.2 Å². The van der Waals surface area contributed by atoms with Crippen LogP contribution in [0.1, 0.15) is 22.8 Å². The van der Waals surface area contributed by atoms with Gasteiger partial charge in [0.05, 0.1) is 17.0 Å². The Morgan fingerprint density at radius 1 is 0.971 bits per heavy atom. The van der Waals surface area contributed by atoms with Gasteiger partial charge in [0.15, 0.2) is 0 Å². The first-order valence-electron chi connectivity index (χ1n) is 10.9. The Labute approximate surface area is 204 Å². The van der Waals surface area contributed by atoms with Gasteiger partial charge in [-0.3, -0.25) is 9.52 Å². The quantitative estimate of drug-likeness (QED) is 0.385. The summed E-state index contributed by atoms with van der Waals surface area (Å²) in [6, 6.07) is 17.7. The third kappa shape index (κ3) is 5.64. The molecule has 1 aliphatic heterocycles. The van der Waals surface area contributed by atoms with Gasteiger partial charge in [-0.2, -0.15) is 5.10 Å². The number of thiophene rings is 1. The van der Waals surface area contributed by atoms with Gasteiger partial charge in [0, 0.05) is 31.9 Å². The van der Waals surface area contributed by atoms with Crippen molar-refractivity contribution >= 4 is 44.4 Å². The Bertz CT molecular complexity index is 1260. The molecule has 1 aliphatic rings. The van der Waals surface area contributed by atoms with Gasteiger partial charge in [-0.25, -0.2) is 13.8 Å². The summed E-state index contributed by atoms with van der Waals surface area (Å²) in [5, 5.41) is 5.91. The number of hydrazone groups is 1. The molecule has 0 radical (unpaired) electrons. The highest BCUT2D eigenvalue weighted by Crippen LogP contribution is 2.23. The summed E-state index contributed by atoms with van der Waals surface area (Å²) in [6.07, 6.45) is 0. The van der Waals surface area contributed by atoms with Crippen molar-refractivity contribution in [2.45, 2.75) is 11.1 Å². The first kappa shape index (κ1) is 23.9. The van der Waals surface area contributed by atoms with Crippen LogP contribution in [0, 0.1) is 0 Å². The minimum absolute atomic E-state index is 0.177.